The number of carboxylic acid groups (broad SMARTS) is 1. The molecule has 1 aliphatic rings. The average molecular weight is 336 g/mol. The van der Waals surface area contributed by atoms with Crippen LogP contribution in [0.2, 0.25) is 0 Å². The fourth-order valence-electron chi connectivity index (χ4n) is 2.98. The highest BCUT2D eigenvalue weighted by atomic mass is 32.2. The highest BCUT2D eigenvalue weighted by Gasteiger charge is 2.34. The lowest BCUT2D eigenvalue weighted by molar-refractivity contribution is -0.137. The molecule has 1 fully saturated rings. The topological polar surface area (TPSA) is 98.5 Å². The van der Waals surface area contributed by atoms with E-state index in [1.165, 1.54) is 16.4 Å². The molecule has 6 nitrogen and oxygen atoms in total. The third kappa shape index (κ3) is 4.09. The van der Waals surface area contributed by atoms with E-state index in [1.54, 1.807) is 12.1 Å². The Morgan fingerprint density at radius 3 is 2.78 bits per heavy atom. The molecule has 0 aromatic heterocycles. The minimum Gasteiger partial charge on any atom is -0.481 e. The first-order chi connectivity index (χ1) is 11.0. The van der Waals surface area contributed by atoms with Crippen LogP contribution in [-0.2, 0) is 14.8 Å². The van der Waals surface area contributed by atoms with Gasteiger partial charge in [0.1, 0.15) is 6.07 Å². The molecule has 1 aliphatic heterocycles. The number of hydrogen-bond donors (Lipinski definition) is 1. The number of benzene rings is 1. The zero-order chi connectivity index (χ0) is 16.9. The van der Waals surface area contributed by atoms with E-state index in [0.29, 0.717) is 19.4 Å². The van der Waals surface area contributed by atoms with Crippen molar-refractivity contribution in [2.24, 2.45) is 0 Å². The first kappa shape index (κ1) is 17.4. The van der Waals surface area contributed by atoms with Gasteiger partial charge in [0.2, 0.25) is 10.0 Å². The molecule has 1 aromatic carbocycles. The van der Waals surface area contributed by atoms with E-state index in [1.807, 2.05) is 6.07 Å². The Kier molecular flexibility index (Phi) is 5.74. The standard InChI is InChI=1S/C16H20N2O4S/c17-12-13-6-1-2-9-15(13)23(21,22)18-11-4-3-7-14(18)8-5-10-16(19)20/h1-2,6,9,14H,3-5,7-8,10-11H2,(H,19,20). The van der Waals surface area contributed by atoms with Crippen LogP contribution in [0.4, 0.5) is 0 Å². The van der Waals surface area contributed by atoms with E-state index in [2.05, 4.69) is 0 Å². The molecule has 1 saturated heterocycles. The van der Waals surface area contributed by atoms with Crippen LogP contribution in [0, 0.1) is 11.3 Å². The van der Waals surface area contributed by atoms with E-state index >= 15 is 0 Å². The maximum Gasteiger partial charge on any atom is 0.303 e. The highest BCUT2D eigenvalue weighted by Crippen LogP contribution is 2.29. The van der Waals surface area contributed by atoms with E-state index in [0.717, 1.165) is 19.3 Å². The summed E-state index contributed by atoms with van der Waals surface area (Å²) in [5.74, 6) is -0.870. The summed E-state index contributed by atoms with van der Waals surface area (Å²) >= 11 is 0. The Hall–Kier alpha value is -1.91. The largest absolute Gasteiger partial charge is 0.481 e. The molecule has 0 bridgehead atoms. The van der Waals surface area contributed by atoms with Crippen LogP contribution in [0.1, 0.15) is 44.1 Å². The molecule has 0 saturated carbocycles. The molecule has 0 spiro atoms. The number of nitrogens with zero attached hydrogens (tertiary/aromatic N) is 2. The summed E-state index contributed by atoms with van der Waals surface area (Å²) in [6.45, 7) is 0.417. The van der Waals surface area contributed by atoms with Crippen LogP contribution in [0.5, 0.6) is 0 Å². The van der Waals surface area contributed by atoms with Crippen LogP contribution in [0.3, 0.4) is 0 Å². The van der Waals surface area contributed by atoms with Crippen molar-refractivity contribution in [1.82, 2.24) is 4.31 Å². The highest BCUT2D eigenvalue weighted by molar-refractivity contribution is 7.89. The second-order valence-electron chi connectivity index (χ2n) is 5.66. The van der Waals surface area contributed by atoms with E-state index < -0.39 is 16.0 Å². The maximum atomic E-state index is 12.9. The van der Waals surface area contributed by atoms with Gasteiger partial charge in [0, 0.05) is 19.0 Å². The summed E-state index contributed by atoms with van der Waals surface area (Å²) in [5, 5.41) is 17.9. The molecule has 0 aliphatic carbocycles. The van der Waals surface area contributed by atoms with Gasteiger partial charge in [-0.3, -0.25) is 4.79 Å². The quantitative estimate of drug-likeness (QED) is 0.860. The van der Waals surface area contributed by atoms with Crippen LogP contribution < -0.4 is 0 Å². The zero-order valence-electron chi connectivity index (χ0n) is 12.8. The first-order valence-electron chi connectivity index (χ1n) is 7.69. The van der Waals surface area contributed by atoms with Crippen LogP contribution >= 0.6 is 0 Å². The van der Waals surface area contributed by atoms with E-state index in [-0.39, 0.29) is 22.9 Å². The predicted octanol–water partition coefficient (Wildman–Crippen LogP) is 2.36. The van der Waals surface area contributed by atoms with Crippen LogP contribution in [-0.4, -0.2) is 36.4 Å². The van der Waals surface area contributed by atoms with Crippen molar-refractivity contribution in [2.45, 2.75) is 49.5 Å². The number of rotatable bonds is 6. The van der Waals surface area contributed by atoms with Gasteiger partial charge in [-0.1, -0.05) is 18.6 Å². The molecule has 2 rings (SSSR count). The lowest BCUT2D eigenvalue weighted by Gasteiger charge is -2.34. The molecular formula is C16H20N2O4S. The van der Waals surface area contributed by atoms with Crippen molar-refractivity contribution in [3.63, 3.8) is 0 Å². The van der Waals surface area contributed by atoms with E-state index in [4.69, 9.17) is 10.4 Å². The predicted molar refractivity (Wildman–Crippen MR) is 84.2 cm³/mol. The first-order valence-corrected chi connectivity index (χ1v) is 9.13. The van der Waals surface area contributed by atoms with Gasteiger partial charge in [0.05, 0.1) is 10.5 Å². The Morgan fingerprint density at radius 2 is 2.09 bits per heavy atom. The zero-order valence-corrected chi connectivity index (χ0v) is 13.6. The molecule has 1 heterocycles. The maximum absolute atomic E-state index is 12.9. The second-order valence-corrected chi connectivity index (χ2v) is 7.52. The van der Waals surface area contributed by atoms with Gasteiger partial charge < -0.3 is 5.11 Å². The molecule has 124 valence electrons. The molecule has 1 atom stereocenters. The molecule has 1 aromatic rings. The molecule has 7 heteroatoms. The van der Waals surface area contributed by atoms with Crippen molar-refractivity contribution >= 4 is 16.0 Å². The van der Waals surface area contributed by atoms with E-state index in [9.17, 15) is 13.2 Å². The summed E-state index contributed by atoms with van der Waals surface area (Å²) in [7, 11) is -3.74. The number of hydrogen-bond acceptors (Lipinski definition) is 4. The van der Waals surface area contributed by atoms with Crippen LogP contribution in [0.25, 0.3) is 0 Å². The minimum atomic E-state index is -3.74. The molecule has 1 unspecified atom stereocenters. The van der Waals surface area contributed by atoms with Crippen molar-refractivity contribution in [2.75, 3.05) is 6.54 Å². The summed E-state index contributed by atoms with van der Waals surface area (Å²) in [4.78, 5) is 10.7. The molecule has 1 N–H and O–H groups in total. The Morgan fingerprint density at radius 1 is 1.35 bits per heavy atom. The molecule has 0 radical (unpaired) electrons. The fourth-order valence-corrected chi connectivity index (χ4v) is 4.85. The molecular weight excluding hydrogens is 316 g/mol. The number of nitriles is 1. The molecule has 23 heavy (non-hydrogen) atoms. The normalized spacial score (nSPS) is 19.2. The summed E-state index contributed by atoms with van der Waals surface area (Å²) < 4.78 is 27.3. The number of carbonyl (C=O) groups is 1. The SMILES string of the molecule is N#Cc1ccccc1S(=O)(=O)N1CCCCC1CCCC(=O)O. The Labute approximate surface area is 136 Å². The van der Waals surface area contributed by atoms with Crippen molar-refractivity contribution < 1.29 is 18.3 Å². The van der Waals surface area contributed by atoms with Crippen molar-refractivity contribution in [3.8, 4) is 6.07 Å². The van der Waals surface area contributed by atoms with Gasteiger partial charge in [-0.25, -0.2) is 8.42 Å². The third-order valence-electron chi connectivity index (χ3n) is 4.10. The third-order valence-corrected chi connectivity index (χ3v) is 6.11. The van der Waals surface area contributed by atoms with Gasteiger partial charge in [-0.15, -0.1) is 0 Å². The number of sulfonamides is 1. The van der Waals surface area contributed by atoms with Crippen molar-refractivity contribution in [1.29, 1.82) is 5.26 Å². The lowest BCUT2D eigenvalue weighted by Crippen LogP contribution is -2.43. The Bertz CT molecular complexity index is 709. The minimum absolute atomic E-state index is 0.0348. The van der Waals surface area contributed by atoms with Gasteiger partial charge in [0.15, 0.2) is 0 Å². The number of piperidine rings is 1. The average Bonchev–Trinajstić information content (AvgIpc) is 2.55. The van der Waals surface area contributed by atoms with Gasteiger partial charge in [0.25, 0.3) is 0 Å². The number of aliphatic carboxylic acids is 1. The smallest absolute Gasteiger partial charge is 0.303 e. The molecule has 0 amide bonds. The second kappa shape index (κ2) is 7.57. The van der Waals surface area contributed by atoms with Gasteiger partial charge in [-0.05, 0) is 37.8 Å². The van der Waals surface area contributed by atoms with Crippen molar-refractivity contribution in [3.05, 3.63) is 29.8 Å². The summed E-state index contributed by atoms with van der Waals surface area (Å²) in [6.07, 6.45) is 3.46. The van der Waals surface area contributed by atoms with Crippen LogP contribution in [0.15, 0.2) is 29.2 Å². The fraction of sp³-hybridized carbons (Fsp3) is 0.500. The van der Waals surface area contributed by atoms with Gasteiger partial charge in [-0.2, -0.15) is 9.57 Å². The van der Waals surface area contributed by atoms with Gasteiger partial charge >= 0.3 is 5.97 Å². The Balaban J connectivity index is 2.25. The summed E-state index contributed by atoms with van der Waals surface area (Å²) in [6, 6.07) is 7.93. The number of carboxylic acids is 1. The lowest BCUT2D eigenvalue weighted by atomic mass is 10.00. The summed E-state index contributed by atoms with van der Waals surface area (Å²) in [5.41, 5.74) is 0.141. The monoisotopic (exact) mass is 336 g/mol.